The van der Waals surface area contributed by atoms with Crippen molar-refractivity contribution in [2.75, 3.05) is 18.0 Å². The van der Waals surface area contributed by atoms with Gasteiger partial charge in [-0.05, 0) is 54.8 Å². The van der Waals surface area contributed by atoms with Gasteiger partial charge in [0, 0.05) is 57.1 Å². The van der Waals surface area contributed by atoms with Crippen molar-refractivity contribution in [3.8, 4) is 0 Å². The Bertz CT molecular complexity index is 1160. The van der Waals surface area contributed by atoms with Gasteiger partial charge in [-0.2, -0.15) is 4.98 Å². The summed E-state index contributed by atoms with van der Waals surface area (Å²) in [4.78, 5) is 38.2. The van der Waals surface area contributed by atoms with Crippen LogP contribution < -0.4 is 10.2 Å². The zero-order valence-electron chi connectivity index (χ0n) is 21.1. The van der Waals surface area contributed by atoms with Gasteiger partial charge in [-0.15, -0.1) is 0 Å². The molecule has 0 saturated heterocycles. The second kappa shape index (κ2) is 12.4. The largest absolute Gasteiger partial charge is 0.345 e. The fraction of sp³-hybridized carbons (Fsp3) is 0.444. The summed E-state index contributed by atoms with van der Waals surface area (Å²) < 4.78 is 4.98. The molecule has 0 bridgehead atoms. The second-order valence-electron chi connectivity index (χ2n) is 9.27. The Hall–Kier alpha value is -3.59. The molecule has 0 fully saturated rings. The smallest absolute Gasteiger partial charge is 0.251 e. The summed E-state index contributed by atoms with van der Waals surface area (Å²) >= 11 is 0. The SMILES string of the molecule is CC(=O)N1CCCCCCCN(Cc2cccnc2)Cc2cc(C(=O)NCc3noc(C)n3)ccc21. The Balaban J connectivity index is 1.62. The van der Waals surface area contributed by atoms with Crippen molar-refractivity contribution in [3.63, 3.8) is 0 Å². The molecule has 1 aliphatic heterocycles. The molecule has 0 aliphatic carbocycles. The van der Waals surface area contributed by atoms with Gasteiger partial charge in [-0.25, -0.2) is 0 Å². The second-order valence-corrected chi connectivity index (χ2v) is 9.27. The van der Waals surface area contributed by atoms with E-state index in [1.165, 1.54) is 6.42 Å². The number of fused-ring (bicyclic) bond motifs is 1. The first-order valence-electron chi connectivity index (χ1n) is 12.6. The van der Waals surface area contributed by atoms with E-state index in [0.29, 0.717) is 30.4 Å². The van der Waals surface area contributed by atoms with Crippen molar-refractivity contribution in [3.05, 3.63) is 71.1 Å². The molecule has 0 atom stereocenters. The van der Waals surface area contributed by atoms with Crippen molar-refractivity contribution < 1.29 is 14.1 Å². The van der Waals surface area contributed by atoms with Gasteiger partial charge in [-0.3, -0.25) is 19.5 Å². The van der Waals surface area contributed by atoms with Crippen LogP contribution in [0.1, 0.15) is 72.2 Å². The number of nitrogens with one attached hydrogen (secondary N) is 1. The van der Waals surface area contributed by atoms with E-state index in [0.717, 1.165) is 55.6 Å². The van der Waals surface area contributed by atoms with Gasteiger partial charge in [0.15, 0.2) is 5.82 Å². The summed E-state index contributed by atoms with van der Waals surface area (Å²) in [5.41, 5.74) is 3.49. The molecule has 0 spiro atoms. The van der Waals surface area contributed by atoms with Crippen LogP contribution in [0.15, 0.2) is 47.2 Å². The minimum atomic E-state index is -0.223. The lowest BCUT2D eigenvalue weighted by atomic mass is 10.0. The lowest BCUT2D eigenvalue weighted by Gasteiger charge is -2.29. The average molecular weight is 491 g/mol. The van der Waals surface area contributed by atoms with Gasteiger partial charge in [-0.1, -0.05) is 30.5 Å². The van der Waals surface area contributed by atoms with Crippen LogP contribution in [0.3, 0.4) is 0 Å². The standard InChI is InChI=1S/C27H34N6O3/c1-20-30-26(31-36-20)17-29-27(35)23-10-11-25-24(15-23)19-32(18-22-9-8-12-28-16-22)13-6-4-3-5-7-14-33(25)21(2)34/h8-12,15-16H,3-7,13-14,17-19H2,1-2H3,(H,29,35). The van der Waals surface area contributed by atoms with Crippen molar-refractivity contribution in [2.45, 2.75) is 65.6 Å². The van der Waals surface area contributed by atoms with Crippen molar-refractivity contribution in [1.29, 1.82) is 0 Å². The van der Waals surface area contributed by atoms with E-state index < -0.39 is 0 Å². The maximum absolute atomic E-state index is 13.0. The quantitative estimate of drug-likeness (QED) is 0.576. The molecule has 36 heavy (non-hydrogen) atoms. The number of carbonyl (C=O) groups is 2. The maximum Gasteiger partial charge on any atom is 0.251 e. The van der Waals surface area contributed by atoms with Crippen LogP contribution in [0.2, 0.25) is 0 Å². The zero-order chi connectivity index (χ0) is 25.3. The molecule has 1 aliphatic rings. The van der Waals surface area contributed by atoms with Crippen molar-refractivity contribution >= 4 is 17.5 Å². The van der Waals surface area contributed by atoms with E-state index in [9.17, 15) is 9.59 Å². The summed E-state index contributed by atoms with van der Waals surface area (Å²) in [6.07, 6.45) is 9.16. The minimum absolute atomic E-state index is 0.0109. The highest BCUT2D eigenvalue weighted by molar-refractivity contribution is 5.97. The summed E-state index contributed by atoms with van der Waals surface area (Å²) in [6.45, 7) is 6.48. The summed E-state index contributed by atoms with van der Waals surface area (Å²) in [6, 6.07) is 9.62. The van der Waals surface area contributed by atoms with E-state index >= 15 is 0 Å². The number of anilines is 1. The number of rotatable bonds is 5. The van der Waals surface area contributed by atoms with Crippen LogP contribution in [-0.4, -0.2) is 44.9 Å². The molecule has 190 valence electrons. The summed E-state index contributed by atoms with van der Waals surface area (Å²) in [7, 11) is 0. The van der Waals surface area contributed by atoms with Crippen LogP contribution in [0.4, 0.5) is 5.69 Å². The van der Waals surface area contributed by atoms with Crippen LogP contribution in [0.25, 0.3) is 0 Å². The van der Waals surface area contributed by atoms with Gasteiger partial charge >= 0.3 is 0 Å². The fourth-order valence-electron chi connectivity index (χ4n) is 4.58. The lowest BCUT2D eigenvalue weighted by molar-refractivity contribution is -0.116. The third-order valence-corrected chi connectivity index (χ3v) is 6.37. The first-order valence-corrected chi connectivity index (χ1v) is 12.6. The normalized spacial score (nSPS) is 15.4. The number of nitrogens with zero attached hydrogens (tertiary/aromatic N) is 5. The molecular weight excluding hydrogens is 456 g/mol. The molecule has 1 aromatic carbocycles. The molecular formula is C27H34N6O3. The first-order chi connectivity index (χ1) is 17.5. The number of pyridine rings is 1. The Morgan fingerprint density at radius 1 is 1.08 bits per heavy atom. The molecule has 4 rings (SSSR count). The van der Waals surface area contributed by atoms with Gasteiger partial charge < -0.3 is 14.7 Å². The van der Waals surface area contributed by atoms with E-state index in [2.05, 4.69) is 31.4 Å². The molecule has 0 radical (unpaired) electrons. The Morgan fingerprint density at radius 2 is 1.89 bits per heavy atom. The van der Waals surface area contributed by atoms with Crippen molar-refractivity contribution in [1.82, 2.24) is 25.3 Å². The number of carbonyl (C=O) groups excluding carboxylic acids is 2. The third-order valence-electron chi connectivity index (χ3n) is 6.37. The lowest BCUT2D eigenvalue weighted by Crippen LogP contribution is -2.33. The van der Waals surface area contributed by atoms with Gasteiger partial charge in [0.25, 0.3) is 5.91 Å². The summed E-state index contributed by atoms with van der Waals surface area (Å²) in [5, 5.41) is 6.70. The van der Waals surface area contributed by atoms with E-state index in [1.807, 2.05) is 29.3 Å². The minimum Gasteiger partial charge on any atom is -0.345 e. The zero-order valence-corrected chi connectivity index (χ0v) is 21.1. The molecule has 0 unspecified atom stereocenters. The highest BCUT2D eigenvalue weighted by Gasteiger charge is 2.20. The van der Waals surface area contributed by atoms with E-state index in [-0.39, 0.29) is 18.4 Å². The molecule has 3 heterocycles. The molecule has 9 heteroatoms. The van der Waals surface area contributed by atoms with Crippen LogP contribution >= 0.6 is 0 Å². The van der Waals surface area contributed by atoms with Crippen LogP contribution in [-0.2, 0) is 24.4 Å². The molecule has 1 N–H and O–H groups in total. The highest BCUT2D eigenvalue weighted by atomic mass is 16.5. The van der Waals surface area contributed by atoms with Crippen LogP contribution in [0, 0.1) is 6.92 Å². The number of hydrogen-bond donors (Lipinski definition) is 1. The number of aromatic nitrogens is 3. The number of hydrogen-bond acceptors (Lipinski definition) is 7. The third kappa shape index (κ3) is 6.97. The Morgan fingerprint density at radius 3 is 2.61 bits per heavy atom. The number of amides is 2. The predicted molar refractivity (Wildman–Crippen MR) is 136 cm³/mol. The molecule has 0 saturated carbocycles. The highest BCUT2D eigenvalue weighted by Crippen LogP contribution is 2.26. The van der Waals surface area contributed by atoms with Crippen molar-refractivity contribution in [2.24, 2.45) is 0 Å². The molecule has 2 aromatic heterocycles. The number of aryl methyl sites for hydroxylation is 1. The topological polar surface area (TPSA) is 104 Å². The van der Waals surface area contributed by atoms with Crippen LogP contribution in [0.5, 0.6) is 0 Å². The predicted octanol–water partition coefficient (Wildman–Crippen LogP) is 4.02. The first kappa shape index (κ1) is 25.5. The molecule has 3 aromatic rings. The average Bonchev–Trinajstić information content (AvgIpc) is 3.29. The van der Waals surface area contributed by atoms with Gasteiger partial charge in [0.1, 0.15) is 0 Å². The Kier molecular flexibility index (Phi) is 8.78. The number of benzene rings is 1. The van der Waals surface area contributed by atoms with Gasteiger partial charge in [0.2, 0.25) is 11.8 Å². The summed E-state index contributed by atoms with van der Waals surface area (Å²) in [5.74, 6) is 0.672. The Labute approximate surface area is 211 Å². The molecule has 9 nitrogen and oxygen atoms in total. The maximum atomic E-state index is 13.0. The van der Waals surface area contributed by atoms with E-state index in [4.69, 9.17) is 4.52 Å². The fourth-order valence-corrected chi connectivity index (χ4v) is 4.58. The monoisotopic (exact) mass is 490 g/mol. The molecule has 2 amide bonds. The van der Waals surface area contributed by atoms with E-state index in [1.54, 1.807) is 26.1 Å². The van der Waals surface area contributed by atoms with Gasteiger partial charge in [0.05, 0.1) is 6.54 Å².